The van der Waals surface area contributed by atoms with Crippen LogP contribution >= 0.6 is 11.3 Å². The van der Waals surface area contributed by atoms with Crippen molar-refractivity contribution in [3.8, 4) is 0 Å². The summed E-state index contributed by atoms with van der Waals surface area (Å²) in [6.45, 7) is 1.86. The molecule has 0 atom stereocenters. The predicted octanol–water partition coefficient (Wildman–Crippen LogP) is 3.07. The molecule has 2 amide bonds. The van der Waals surface area contributed by atoms with Gasteiger partial charge in [-0.1, -0.05) is 6.07 Å². The number of carbonyl (C=O) groups excluding carboxylic acids is 2. The number of methoxy groups -OCH3 is 1. The number of ether oxygens (including phenoxy) is 1. The normalized spacial score (nSPS) is 10.0. The molecule has 0 aliphatic rings. The van der Waals surface area contributed by atoms with Crippen LogP contribution in [0.4, 0.5) is 21.9 Å². The quantitative estimate of drug-likeness (QED) is 0.812. The average molecular weight is 305 g/mol. The number of nitrogens with two attached hydrogens (primary N) is 1. The summed E-state index contributed by atoms with van der Waals surface area (Å²) in [5.41, 5.74) is 7.44. The Morgan fingerprint density at radius 3 is 2.43 bits per heavy atom. The molecule has 2 aromatic rings. The standard InChI is InChI=1S/C14H15N3O3S/c1-8-11(15)7-12(21-8)13(18)16-9-4-3-5-10(6-9)17-14(19)20-2/h3-7H,15H2,1-2H3,(H,16,18)(H,17,19). The summed E-state index contributed by atoms with van der Waals surface area (Å²) < 4.78 is 4.51. The zero-order chi connectivity index (χ0) is 15.4. The number of thiophene rings is 1. The molecule has 0 saturated heterocycles. The summed E-state index contributed by atoms with van der Waals surface area (Å²) in [6.07, 6.45) is -0.569. The Hall–Kier alpha value is -2.54. The summed E-state index contributed by atoms with van der Waals surface area (Å²) in [4.78, 5) is 24.7. The first-order valence-electron chi connectivity index (χ1n) is 6.12. The Balaban J connectivity index is 2.10. The highest BCUT2D eigenvalue weighted by molar-refractivity contribution is 7.14. The molecule has 1 heterocycles. The van der Waals surface area contributed by atoms with Crippen molar-refractivity contribution < 1.29 is 14.3 Å². The van der Waals surface area contributed by atoms with Crippen molar-refractivity contribution in [1.82, 2.24) is 0 Å². The number of hydrogen-bond acceptors (Lipinski definition) is 5. The highest BCUT2D eigenvalue weighted by Gasteiger charge is 2.11. The van der Waals surface area contributed by atoms with Crippen LogP contribution in [0, 0.1) is 6.92 Å². The summed E-state index contributed by atoms with van der Waals surface area (Å²) in [6, 6.07) is 8.42. The lowest BCUT2D eigenvalue weighted by atomic mass is 10.2. The van der Waals surface area contributed by atoms with Crippen LogP contribution in [-0.4, -0.2) is 19.1 Å². The van der Waals surface area contributed by atoms with Gasteiger partial charge in [-0.3, -0.25) is 10.1 Å². The van der Waals surface area contributed by atoms with Crippen LogP contribution in [0.3, 0.4) is 0 Å². The molecule has 0 bridgehead atoms. The van der Waals surface area contributed by atoms with Gasteiger partial charge in [0, 0.05) is 21.9 Å². The average Bonchev–Trinajstić information content (AvgIpc) is 2.79. The minimum atomic E-state index is -0.569. The van der Waals surface area contributed by atoms with E-state index in [4.69, 9.17) is 5.73 Å². The van der Waals surface area contributed by atoms with E-state index in [-0.39, 0.29) is 5.91 Å². The molecule has 0 fully saturated rings. The number of hydrogen-bond donors (Lipinski definition) is 3. The molecule has 6 nitrogen and oxygen atoms in total. The molecule has 0 radical (unpaired) electrons. The Morgan fingerprint density at radius 1 is 1.19 bits per heavy atom. The van der Waals surface area contributed by atoms with E-state index in [1.807, 2.05) is 6.92 Å². The van der Waals surface area contributed by atoms with Crippen LogP contribution in [0.2, 0.25) is 0 Å². The van der Waals surface area contributed by atoms with Gasteiger partial charge in [-0.05, 0) is 31.2 Å². The molecule has 1 aromatic heterocycles. The molecule has 0 aliphatic heterocycles. The maximum Gasteiger partial charge on any atom is 0.411 e. The van der Waals surface area contributed by atoms with Crippen LogP contribution in [0.5, 0.6) is 0 Å². The van der Waals surface area contributed by atoms with E-state index in [2.05, 4.69) is 15.4 Å². The largest absolute Gasteiger partial charge is 0.453 e. The smallest absolute Gasteiger partial charge is 0.411 e. The first kappa shape index (κ1) is 14.9. The van der Waals surface area contributed by atoms with Crippen molar-refractivity contribution in [3.63, 3.8) is 0 Å². The Morgan fingerprint density at radius 2 is 1.86 bits per heavy atom. The minimum absolute atomic E-state index is 0.241. The van der Waals surface area contributed by atoms with E-state index in [1.54, 1.807) is 30.3 Å². The van der Waals surface area contributed by atoms with Gasteiger partial charge in [0.25, 0.3) is 5.91 Å². The van der Waals surface area contributed by atoms with Crippen LogP contribution in [0.15, 0.2) is 30.3 Å². The number of nitrogen functional groups attached to an aromatic ring is 1. The van der Waals surface area contributed by atoms with Gasteiger partial charge >= 0.3 is 6.09 Å². The first-order chi connectivity index (χ1) is 9.99. The molecule has 0 aliphatic carbocycles. The molecule has 7 heteroatoms. The van der Waals surface area contributed by atoms with Gasteiger partial charge < -0.3 is 15.8 Å². The van der Waals surface area contributed by atoms with E-state index < -0.39 is 6.09 Å². The minimum Gasteiger partial charge on any atom is -0.453 e. The van der Waals surface area contributed by atoms with E-state index in [1.165, 1.54) is 18.4 Å². The fourth-order valence-electron chi connectivity index (χ4n) is 1.64. The second kappa shape index (κ2) is 6.27. The number of amides is 2. The highest BCUT2D eigenvalue weighted by Crippen LogP contribution is 2.24. The molecule has 21 heavy (non-hydrogen) atoms. The van der Waals surface area contributed by atoms with Crippen molar-refractivity contribution in [2.45, 2.75) is 6.92 Å². The van der Waals surface area contributed by atoms with Crippen LogP contribution in [-0.2, 0) is 4.74 Å². The zero-order valence-electron chi connectivity index (χ0n) is 11.6. The Labute approximate surface area is 125 Å². The van der Waals surface area contributed by atoms with E-state index in [0.29, 0.717) is 21.9 Å². The van der Waals surface area contributed by atoms with Crippen molar-refractivity contribution in [2.75, 3.05) is 23.5 Å². The van der Waals surface area contributed by atoms with Gasteiger partial charge in [-0.15, -0.1) is 11.3 Å². The third-order valence-electron chi connectivity index (χ3n) is 2.73. The van der Waals surface area contributed by atoms with E-state index in [9.17, 15) is 9.59 Å². The molecule has 110 valence electrons. The van der Waals surface area contributed by atoms with Crippen LogP contribution < -0.4 is 16.4 Å². The van der Waals surface area contributed by atoms with Crippen molar-refractivity contribution in [3.05, 3.63) is 40.1 Å². The molecular weight excluding hydrogens is 290 g/mol. The maximum absolute atomic E-state index is 12.1. The summed E-state index contributed by atoms with van der Waals surface area (Å²) in [5.74, 6) is -0.241. The van der Waals surface area contributed by atoms with E-state index >= 15 is 0 Å². The topological polar surface area (TPSA) is 93.5 Å². The Kier molecular flexibility index (Phi) is 4.44. The third kappa shape index (κ3) is 3.73. The number of nitrogens with one attached hydrogen (secondary N) is 2. The summed E-state index contributed by atoms with van der Waals surface area (Å²) in [7, 11) is 1.28. The molecule has 1 aromatic carbocycles. The second-order valence-corrected chi connectivity index (χ2v) is 5.53. The van der Waals surface area contributed by atoms with Crippen molar-refractivity contribution >= 4 is 40.4 Å². The predicted molar refractivity (Wildman–Crippen MR) is 83.9 cm³/mol. The molecule has 0 spiro atoms. The lowest BCUT2D eigenvalue weighted by molar-refractivity contribution is 0.103. The maximum atomic E-state index is 12.1. The van der Waals surface area contributed by atoms with Gasteiger partial charge in [0.1, 0.15) is 0 Å². The fourth-order valence-corrected chi connectivity index (χ4v) is 2.48. The fraction of sp³-hybridized carbons (Fsp3) is 0.143. The molecular formula is C14H15N3O3S. The van der Waals surface area contributed by atoms with Gasteiger partial charge in [-0.25, -0.2) is 4.79 Å². The summed E-state index contributed by atoms with van der Waals surface area (Å²) >= 11 is 1.33. The third-order valence-corrected chi connectivity index (χ3v) is 3.80. The number of rotatable bonds is 3. The molecule has 4 N–H and O–H groups in total. The molecule has 2 rings (SSSR count). The SMILES string of the molecule is COC(=O)Nc1cccc(NC(=O)c2cc(N)c(C)s2)c1. The number of carbonyl (C=O) groups is 2. The van der Waals surface area contributed by atoms with Gasteiger partial charge in [0.2, 0.25) is 0 Å². The van der Waals surface area contributed by atoms with Crippen molar-refractivity contribution in [1.29, 1.82) is 0 Å². The van der Waals surface area contributed by atoms with Gasteiger partial charge in [0.05, 0.1) is 12.0 Å². The van der Waals surface area contributed by atoms with Gasteiger partial charge in [0.15, 0.2) is 0 Å². The monoisotopic (exact) mass is 305 g/mol. The lowest BCUT2D eigenvalue weighted by Crippen LogP contribution is -2.12. The first-order valence-corrected chi connectivity index (χ1v) is 6.93. The number of benzene rings is 1. The van der Waals surface area contributed by atoms with Gasteiger partial charge in [-0.2, -0.15) is 0 Å². The van der Waals surface area contributed by atoms with Crippen molar-refractivity contribution in [2.24, 2.45) is 0 Å². The summed E-state index contributed by atoms with van der Waals surface area (Å²) in [5, 5.41) is 5.28. The van der Waals surface area contributed by atoms with E-state index in [0.717, 1.165) is 4.88 Å². The lowest BCUT2D eigenvalue weighted by Gasteiger charge is -2.07. The number of anilines is 3. The number of aryl methyl sites for hydroxylation is 1. The molecule has 0 unspecified atom stereocenters. The Bertz CT molecular complexity index is 662. The van der Waals surface area contributed by atoms with Crippen LogP contribution in [0.25, 0.3) is 0 Å². The zero-order valence-corrected chi connectivity index (χ0v) is 12.4. The highest BCUT2D eigenvalue weighted by atomic mass is 32.1. The molecule has 0 saturated carbocycles. The second-order valence-electron chi connectivity index (χ2n) is 4.27. The van der Waals surface area contributed by atoms with Crippen LogP contribution in [0.1, 0.15) is 14.5 Å².